The van der Waals surface area contributed by atoms with Crippen LogP contribution in [0.4, 0.5) is 4.39 Å². The molecule has 23 heavy (non-hydrogen) atoms. The van der Waals surface area contributed by atoms with Crippen LogP contribution >= 0.6 is 0 Å². The summed E-state index contributed by atoms with van der Waals surface area (Å²) in [6.07, 6.45) is 0.932. The third kappa shape index (κ3) is 4.81. The Kier molecular flexibility index (Phi) is 6.15. The molecule has 0 saturated carbocycles. The number of carbonyl (C=O) groups is 1. The van der Waals surface area contributed by atoms with Crippen molar-refractivity contribution < 1.29 is 13.9 Å². The monoisotopic (exact) mass is 315 g/mol. The minimum absolute atomic E-state index is 0.0242. The normalized spacial score (nSPS) is 11.8. The molecule has 2 aromatic rings. The summed E-state index contributed by atoms with van der Waals surface area (Å²) >= 11 is 0. The number of hydrogen-bond donors (Lipinski definition) is 0. The van der Waals surface area contributed by atoms with Crippen LogP contribution in [0.25, 0.3) is 0 Å². The SMILES string of the molecule is CC(c1ccccc1)N(C)C(=O)CCCOc1ccccc1F. The fourth-order valence-corrected chi connectivity index (χ4v) is 2.31. The molecule has 0 saturated heterocycles. The molecule has 0 heterocycles. The van der Waals surface area contributed by atoms with Crippen molar-refractivity contribution in [2.45, 2.75) is 25.8 Å². The zero-order valence-electron chi connectivity index (χ0n) is 13.5. The lowest BCUT2D eigenvalue weighted by atomic mass is 10.1. The summed E-state index contributed by atoms with van der Waals surface area (Å²) in [5, 5.41) is 0. The summed E-state index contributed by atoms with van der Waals surface area (Å²) in [6, 6.07) is 16.2. The number of hydrogen-bond acceptors (Lipinski definition) is 2. The first-order valence-corrected chi connectivity index (χ1v) is 7.77. The highest BCUT2D eigenvalue weighted by Gasteiger charge is 2.16. The number of benzene rings is 2. The van der Waals surface area contributed by atoms with Gasteiger partial charge in [0.15, 0.2) is 11.6 Å². The summed E-state index contributed by atoms with van der Waals surface area (Å²) in [7, 11) is 1.80. The van der Waals surface area contributed by atoms with Gasteiger partial charge in [0.05, 0.1) is 12.6 Å². The number of amides is 1. The molecule has 0 spiro atoms. The van der Waals surface area contributed by atoms with Crippen LogP contribution in [0.5, 0.6) is 5.75 Å². The Morgan fingerprint density at radius 3 is 2.48 bits per heavy atom. The van der Waals surface area contributed by atoms with Gasteiger partial charge in [0.1, 0.15) is 0 Å². The van der Waals surface area contributed by atoms with Crippen molar-refractivity contribution >= 4 is 5.91 Å². The fraction of sp³-hybridized carbons (Fsp3) is 0.316. The number of halogens is 1. The van der Waals surface area contributed by atoms with Gasteiger partial charge in [0.25, 0.3) is 0 Å². The highest BCUT2D eigenvalue weighted by Crippen LogP contribution is 2.19. The summed E-state index contributed by atoms with van der Waals surface area (Å²) < 4.78 is 18.8. The van der Waals surface area contributed by atoms with Crippen LogP contribution in [0.1, 0.15) is 31.4 Å². The lowest BCUT2D eigenvalue weighted by Gasteiger charge is -2.25. The Labute approximate surface area is 136 Å². The van der Waals surface area contributed by atoms with Crippen molar-refractivity contribution in [1.29, 1.82) is 0 Å². The van der Waals surface area contributed by atoms with Crippen LogP contribution in [0, 0.1) is 5.82 Å². The van der Waals surface area contributed by atoms with Crippen molar-refractivity contribution in [3.05, 3.63) is 66.0 Å². The second kappa shape index (κ2) is 8.32. The molecule has 1 atom stereocenters. The minimum Gasteiger partial charge on any atom is -0.491 e. The van der Waals surface area contributed by atoms with Gasteiger partial charge >= 0.3 is 0 Å². The predicted molar refractivity (Wildman–Crippen MR) is 88.8 cm³/mol. The van der Waals surface area contributed by atoms with Gasteiger partial charge in [-0.05, 0) is 31.0 Å². The highest BCUT2D eigenvalue weighted by atomic mass is 19.1. The van der Waals surface area contributed by atoms with E-state index in [1.807, 2.05) is 37.3 Å². The Balaban J connectivity index is 1.77. The molecule has 0 aromatic heterocycles. The average molecular weight is 315 g/mol. The molecule has 0 radical (unpaired) electrons. The lowest BCUT2D eigenvalue weighted by molar-refractivity contribution is -0.132. The molecule has 122 valence electrons. The fourth-order valence-electron chi connectivity index (χ4n) is 2.31. The summed E-state index contributed by atoms with van der Waals surface area (Å²) in [5.74, 6) is -0.0990. The van der Waals surface area contributed by atoms with Crippen LogP contribution in [0.15, 0.2) is 54.6 Å². The molecule has 4 heteroatoms. The third-order valence-corrected chi connectivity index (χ3v) is 3.89. The molecule has 0 N–H and O–H groups in total. The van der Waals surface area contributed by atoms with E-state index in [2.05, 4.69) is 0 Å². The van der Waals surface area contributed by atoms with E-state index in [1.54, 1.807) is 30.1 Å². The van der Waals surface area contributed by atoms with Gasteiger partial charge in [-0.1, -0.05) is 42.5 Å². The number of para-hydroxylation sites is 1. The molecule has 2 rings (SSSR count). The summed E-state index contributed by atoms with van der Waals surface area (Å²) in [4.78, 5) is 14.0. The molecule has 0 fully saturated rings. The van der Waals surface area contributed by atoms with Gasteiger partial charge in [-0.3, -0.25) is 4.79 Å². The number of ether oxygens (including phenoxy) is 1. The average Bonchev–Trinajstić information content (AvgIpc) is 2.59. The smallest absolute Gasteiger partial charge is 0.222 e. The van der Waals surface area contributed by atoms with Gasteiger partial charge in [0.2, 0.25) is 5.91 Å². The van der Waals surface area contributed by atoms with Gasteiger partial charge in [0, 0.05) is 13.5 Å². The van der Waals surface area contributed by atoms with Gasteiger partial charge in [-0.15, -0.1) is 0 Å². The number of rotatable bonds is 7. The summed E-state index contributed by atoms with van der Waals surface area (Å²) in [5.41, 5.74) is 1.10. The molecule has 0 bridgehead atoms. The second-order valence-electron chi connectivity index (χ2n) is 5.47. The number of nitrogens with zero attached hydrogens (tertiary/aromatic N) is 1. The van der Waals surface area contributed by atoms with Crippen LogP contribution in [0.3, 0.4) is 0 Å². The van der Waals surface area contributed by atoms with Crippen LogP contribution in [-0.2, 0) is 4.79 Å². The standard InChI is InChI=1S/C19H22FNO2/c1-15(16-9-4-3-5-10-16)21(2)19(22)13-8-14-23-18-12-7-6-11-17(18)20/h3-7,9-12,15H,8,13-14H2,1-2H3. The van der Waals surface area contributed by atoms with Gasteiger partial charge in [-0.25, -0.2) is 4.39 Å². The zero-order valence-corrected chi connectivity index (χ0v) is 13.5. The van der Waals surface area contributed by atoms with Crippen LogP contribution in [0.2, 0.25) is 0 Å². The van der Waals surface area contributed by atoms with Crippen LogP contribution in [-0.4, -0.2) is 24.5 Å². The zero-order chi connectivity index (χ0) is 16.7. The first-order chi connectivity index (χ1) is 11.1. The third-order valence-electron chi connectivity index (χ3n) is 3.89. The van der Waals surface area contributed by atoms with Crippen molar-refractivity contribution in [2.75, 3.05) is 13.7 Å². The Morgan fingerprint density at radius 2 is 1.78 bits per heavy atom. The lowest BCUT2D eigenvalue weighted by Crippen LogP contribution is -2.29. The van der Waals surface area contributed by atoms with Crippen molar-refractivity contribution in [1.82, 2.24) is 4.90 Å². The molecular weight excluding hydrogens is 293 g/mol. The van der Waals surface area contributed by atoms with E-state index >= 15 is 0 Å². The number of carbonyl (C=O) groups excluding carboxylic acids is 1. The van der Waals surface area contributed by atoms with E-state index in [4.69, 9.17) is 4.74 Å². The second-order valence-corrected chi connectivity index (χ2v) is 5.47. The quantitative estimate of drug-likeness (QED) is 0.717. The highest BCUT2D eigenvalue weighted by molar-refractivity contribution is 5.76. The van der Waals surface area contributed by atoms with E-state index in [1.165, 1.54) is 6.07 Å². The Hall–Kier alpha value is -2.36. The van der Waals surface area contributed by atoms with Gasteiger partial charge in [-0.2, -0.15) is 0 Å². The molecule has 1 amide bonds. The maximum Gasteiger partial charge on any atom is 0.222 e. The molecule has 1 unspecified atom stereocenters. The molecule has 0 aliphatic carbocycles. The molecule has 3 nitrogen and oxygen atoms in total. The van der Waals surface area contributed by atoms with Crippen LogP contribution < -0.4 is 4.74 Å². The summed E-state index contributed by atoms with van der Waals surface area (Å²) in [6.45, 7) is 2.32. The maximum absolute atomic E-state index is 13.4. The van der Waals surface area contributed by atoms with Crippen molar-refractivity contribution in [3.8, 4) is 5.75 Å². The first-order valence-electron chi connectivity index (χ1n) is 7.77. The minimum atomic E-state index is -0.381. The molecule has 0 aliphatic heterocycles. The van der Waals surface area contributed by atoms with Crippen molar-refractivity contribution in [3.63, 3.8) is 0 Å². The molecular formula is C19H22FNO2. The topological polar surface area (TPSA) is 29.5 Å². The predicted octanol–water partition coefficient (Wildman–Crippen LogP) is 4.20. The van der Waals surface area contributed by atoms with Crippen molar-refractivity contribution in [2.24, 2.45) is 0 Å². The largest absolute Gasteiger partial charge is 0.491 e. The van der Waals surface area contributed by atoms with E-state index < -0.39 is 0 Å². The maximum atomic E-state index is 13.4. The Bertz CT molecular complexity index is 630. The van der Waals surface area contributed by atoms with Gasteiger partial charge < -0.3 is 9.64 Å². The first kappa shape index (κ1) is 17.0. The van der Waals surface area contributed by atoms with E-state index in [9.17, 15) is 9.18 Å². The van der Waals surface area contributed by atoms with E-state index in [0.717, 1.165) is 5.56 Å². The van der Waals surface area contributed by atoms with E-state index in [-0.39, 0.29) is 23.5 Å². The molecule has 2 aromatic carbocycles. The Morgan fingerprint density at radius 1 is 1.13 bits per heavy atom. The molecule has 0 aliphatic rings. The van der Waals surface area contributed by atoms with E-state index in [0.29, 0.717) is 19.4 Å².